The second-order valence-electron chi connectivity index (χ2n) is 8.36. The first-order chi connectivity index (χ1) is 15.9. The van der Waals surface area contributed by atoms with Gasteiger partial charge in [0.25, 0.3) is 0 Å². The molecule has 32 heavy (non-hydrogen) atoms. The molecule has 8 bridgehead atoms. The number of nitrogens with zero attached hydrogens (tertiary/aromatic N) is 2. The lowest BCUT2D eigenvalue weighted by Crippen LogP contribution is -2.49. The van der Waals surface area contributed by atoms with Gasteiger partial charge in [-0.15, -0.1) is 0 Å². The molecule has 164 valence electrons. The summed E-state index contributed by atoms with van der Waals surface area (Å²) in [7, 11) is 3.34. The van der Waals surface area contributed by atoms with Crippen molar-refractivity contribution in [3.63, 3.8) is 0 Å². The fourth-order valence-electron chi connectivity index (χ4n) is 4.29. The molecule has 4 aliphatic heterocycles. The molecule has 6 heteroatoms. The van der Waals surface area contributed by atoms with Gasteiger partial charge in [-0.3, -0.25) is 0 Å². The van der Waals surface area contributed by atoms with E-state index in [4.69, 9.17) is 19.5 Å². The van der Waals surface area contributed by atoms with E-state index in [0.717, 1.165) is 44.8 Å². The SMILES string of the molecule is [2H]C1C(C(C)OC)=C2C=C3C=CC(=N3)C=c3ccc([nH]3)=CC3=NC(=CC1(C(C)OC)N2)C=C3. The van der Waals surface area contributed by atoms with Crippen molar-refractivity contribution in [1.29, 1.82) is 0 Å². The van der Waals surface area contributed by atoms with Crippen molar-refractivity contribution < 1.29 is 10.8 Å². The average molecular weight is 430 g/mol. The van der Waals surface area contributed by atoms with Crippen molar-refractivity contribution >= 4 is 23.6 Å². The van der Waals surface area contributed by atoms with E-state index in [1.807, 2.05) is 74.6 Å². The van der Waals surface area contributed by atoms with Crippen LogP contribution in [0.1, 0.15) is 21.6 Å². The Morgan fingerprint density at radius 3 is 2.25 bits per heavy atom. The van der Waals surface area contributed by atoms with Crippen LogP contribution in [0.3, 0.4) is 0 Å². The normalized spacial score (nSPS) is 28.1. The Labute approximate surface area is 189 Å². The number of hydrogen-bond donors (Lipinski definition) is 2. The molecular weight excluding hydrogens is 400 g/mol. The van der Waals surface area contributed by atoms with Crippen molar-refractivity contribution in [2.75, 3.05) is 14.2 Å². The van der Waals surface area contributed by atoms with Crippen LogP contribution in [-0.2, 0) is 9.47 Å². The van der Waals surface area contributed by atoms with Crippen LogP contribution < -0.4 is 16.0 Å². The molecule has 5 rings (SSSR count). The Morgan fingerprint density at radius 1 is 0.938 bits per heavy atom. The van der Waals surface area contributed by atoms with Crippen LogP contribution >= 0.6 is 0 Å². The third-order valence-corrected chi connectivity index (χ3v) is 6.26. The number of hydrogen-bond acceptors (Lipinski definition) is 5. The lowest BCUT2D eigenvalue weighted by molar-refractivity contribution is 0.0584. The number of aromatic amines is 1. The van der Waals surface area contributed by atoms with Gasteiger partial charge in [-0.25, -0.2) is 9.98 Å². The van der Waals surface area contributed by atoms with Crippen molar-refractivity contribution in [3.8, 4) is 0 Å². The summed E-state index contributed by atoms with van der Waals surface area (Å²) in [5.74, 6) is 0. The Hall–Kier alpha value is -3.22. The third-order valence-electron chi connectivity index (χ3n) is 6.26. The molecule has 5 heterocycles. The number of aromatic nitrogens is 1. The molecule has 0 amide bonds. The standard InChI is InChI=1S/C26H28N4O2/c1-16(31-3)24-15-26(17(2)32-4)14-23-10-9-21(29-23)12-19-6-5-18(27-19)11-20-7-8-22(28-20)13-25(24)30-26/h5-14,16-17,27,30H,15H2,1-4H3/i15D. The number of aliphatic imine (C=N–C) groups is 2. The van der Waals surface area contributed by atoms with Gasteiger partial charge in [-0.05, 0) is 80.2 Å². The molecule has 2 N–H and O–H groups in total. The smallest absolute Gasteiger partial charge is 0.0878 e. The monoisotopic (exact) mass is 429 g/mol. The molecule has 6 nitrogen and oxygen atoms in total. The number of allylic oxidation sites excluding steroid dienone is 5. The zero-order chi connectivity index (χ0) is 23.2. The topological polar surface area (TPSA) is 71.0 Å². The summed E-state index contributed by atoms with van der Waals surface area (Å²) in [6, 6.07) is 4.06. The summed E-state index contributed by atoms with van der Waals surface area (Å²) in [5.41, 5.74) is 4.20. The molecule has 0 fully saturated rings. The van der Waals surface area contributed by atoms with Gasteiger partial charge in [0, 0.05) is 38.4 Å². The van der Waals surface area contributed by atoms with Crippen LogP contribution in [0, 0.1) is 0 Å². The number of nitrogens with one attached hydrogen (secondary N) is 2. The van der Waals surface area contributed by atoms with Gasteiger partial charge in [0.15, 0.2) is 0 Å². The molecule has 4 unspecified atom stereocenters. The number of H-pyrrole nitrogens is 1. The van der Waals surface area contributed by atoms with E-state index in [-0.39, 0.29) is 12.2 Å². The van der Waals surface area contributed by atoms with E-state index >= 15 is 0 Å². The number of fused-ring (bicyclic) bond motifs is 6. The largest absolute Gasteiger partial charge is 0.379 e. The van der Waals surface area contributed by atoms with Gasteiger partial charge >= 0.3 is 0 Å². The zero-order valence-corrected chi connectivity index (χ0v) is 18.7. The van der Waals surface area contributed by atoms with Crippen molar-refractivity contribution in [2.24, 2.45) is 9.98 Å². The lowest BCUT2D eigenvalue weighted by Gasteiger charge is -2.34. The van der Waals surface area contributed by atoms with Crippen molar-refractivity contribution in [2.45, 2.75) is 38.0 Å². The molecule has 1 aromatic rings. The van der Waals surface area contributed by atoms with E-state index in [2.05, 4.69) is 10.3 Å². The summed E-state index contributed by atoms with van der Waals surface area (Å²) < 4.78 is 20.8. The Kier molecular flexibility index (Phi) is 4.89. The predicted molar refractivity (Wildman–Crippen MR) is 129 cm³/mol. The third kappa shape index (κ3) is 3.76. The Morgan fingerprint density at radius 2 is 1.59 bits per heavy atom. The van der Waals surface area contributed by atoms with E-state index in [1.54, 1.807) is 14.2 Å². The summed E-state index contributed by atoms with van der Waals surface area (Å²) in [4.78, 5) is 13.0. The van der Waals surface area contributed by atoms with Crippen LogP contribution in [0.2, 0.25) is 0 Å². The van der Waals surface area contributed by atoms with E-state index in [1.165, 1.54) is 0 Å². The fourth-order valence-corrected chi connectivity index (χ4v) is 4.29. The highest BCUT2D eigenvalue weighted by Gasteiger charge is 2.43. The highest BCUT2D eigenvalue weighted by Crippen LogP contribution is 2.38. The maximum absolute atomic E-state index is 9.29. The predicted octanol–water partition coefficient (Wildman–Crippen LogP) is 2.43. The summed E-state index contributed by atoms with van der Waals surface area (Å²) in [5, 5.41) is 5.56. The van der Waals surface area contributed by atoms with Gasteiger partial charge in [0.2, 0.25) is 0 Å². The summed E-state index contributed by atoms with van der Waals surface area (Å²) in [6.07, 6.45) is 14.8. The number of methoxy groups -OCH3 is 2. The van der Waals surface area contributed by atoms with Crippen LogP contribution in [-0.4, -0.2) is 48.4 Å². The van der Waals surface area contributed by atoms with Gasteiger partial charge in [0.05, 0.1) is 40.6 Å². The minimum atomic E-state index is -0.820. The van der Waals surface area contributed by atoms with Crippen LogP contribution in [0.15, 0.2) is 81.2 Å². The first-order valence-corrected chi connectivity index (χ1v) is 10.8. The highest BCUT2D eigenvalue weighted by molar-refractivity contribution is 6.20. The van der Waals surface area contributed by atoms with Gasteiger partial charge in [0.1, 0.15) is 0 Å². The van der Waals surface area contributed by atoms with Crippen molar-refractivity contribution in [3.05, 3.63) is 82.0 Å². The maximum atomic E-state index is 9.29. The molecule has 0 radical (unpaired) electrons. The molecule has 0 aromatic carbocycles. The van der Waals surface area contributed by atoms with Gasteiger partial charge < -0.3 is 19.8 Å². The molecule has 1 aromatic heterocycles. The van der Waals surface area contributed by atoms with Crippen LogP contribution in [0.4, 0.5) is 0 Å². The first-order valence-electron chi connectivity index (χ1n) is 11.4. The zero-order valence-electron chi connectivity index (χ0n) is 19.7. The molecule has 0 aliphatic carbocycles. The minimum Gasteiger partial charge on any atom is -0.379 e. The second-order valence-corrected chi connectivity index (χ2v) is 8.36. The number of rotatable bonds is 4. The molecule has 4 atom stereocenters. The van der Waals surface area contributed by atoms with E-state index < -0.39 is 11.9 Å². The fraction of sp³-hybridized carbons (Fsp3) is 0.308. The summed E-state index contributed by atoms with van der Waals surface area (Å²) in [6.45, 7) is 3.95. The van der Waals surface area contributed by atoms with Crippen LogP contribution in [0.5, 0.6) is 0 Å². The highest BCUT2D eigenvalue weighted by atomic mass is 16.5. The van der Waals surface area contributed by atoms with E-state index in [9.17, 15) is 1.37 Å². The molecule has 0 saturated carbocycles. The van der Waals surface area contributed by atoms with Gasteiger partial charge in [-0.1, -0.05) is 0 Å². The van der Waals surface area contributed by atoms with Crippen LogP contribution in [0.25, 0.3) is 12.2 Å². The quantitative estimate of drug-likeness (QED) is 0.772. The number of ether oxygens (including phenoxy) is 2. The van der Waals surface area contributed by atoms with Crippen molar-refractivity contribution in [1.82, 2.24) is 10.3 Å². The molecule has 4 aliphatic rings. The first kappa shape index (κ1) is 19.5. The second kappa shape index (κ2) is 8.04. The maximum Gasteiger partial charge on any atom is 0.0878 e. The minimum absolute atomic E-state index is 0.248. The Bertz CT molecular complexity index is 1320. The molecule has 0 saturated heterocycles. The molecular formula is C26H28N4O2. The van der Waals surface area contributed by atoms with E-state index in [0.29, 0.717) is 0 Å². The molecule has 0 spiro atoms. The average Bonchev–Trinajstić information content (AvgIpc) is 3.58. The summed E-state index contributed by atoms with van der Waals surface area (Å²) >= 11 is 0. The lowest BCUT2D eigenvalue weighted by atomic mass is 9.86. The Balaban J connectivity index is 1.75. The van der Waals surface area contributed by atoms with Gasteiger partial charge in [-0.2, -0.15) is 0 Å².